The highest BCUT2D eigenvalue weighted by atomic mass is 16.5. The van der Waals surface area contributed by atoms with E-state index in [2.05, 4.69) is 24.8 Å². The first-order valence-electron chi connectivity index (χ1n) is 6.27. The van der Waals surface area contributed by atoms with Crippen LogP contribution in [0.2, 0.25) is 0 Å². The van der Waals surface area contributed by atoms with E-state index in [0.717, 1.165) is 43.1 Å². The summed E-state index contributed by atoms with van der Waals surface area (Å²) in [6, 6.07) is 1.82. The van der Waals surface area contributed by atoms with Crippen LogP contribution >= 0.6 is 0 Å². The van der Waals surface area contributed by atoms with E-state index in [1.54, 1.807) is 25.8 Å². The number of rotatable bonds is 2. The lowest BCUT2D eigenvalue weighted by atomic mass is 10.1. The van der Waals surface area contributed by atoms with E-state index < -0.39 is 0 Å². The predicted molar refractivity (Wildman–Crippen MR) is 70.2 cm³/mol. The Balaban J connectivity index is 1.85. The molecular weight excluding hydrogens is 242 g/mol. The van der Waals surface area contributed by atoms with Crippen LogP contribution in [0.15, 0.2) is 24.8 Å². The van der Waals surface area contributed by atoms with E-state index in [1.165, 1.54) is 0 Å². The molecule has 0 atom stereocenters. The van der Waals surface area contributed by atoms with Crippen LogP contribution in [0.5, 0.6) is 5.88 Å². The number of hydrogen-bond acceptors (Lipinski definition) is 6. The Kier molecular flexibility index (Phi) is 3.22. The third-order valence-electron chi connectivity index (χ3n) is 3.27. The van der Waals surface area contributed by atoms with Crippen molar-refractivity contribution in [2.45, 2.75) is 12.8 Å². The Bertz CT molecular complexity index is 560. The van der Waals surface area contributed by atoms with Gasteiger partial charge in [0.05, 0.1) is 12.8 Å². The molecule has 98 valence electrons. The van der Waals surface area contributed by atoms with Crippen molar-refractivity contribution in [1.29, 1.82) is 0 Å². The molecule has 2 aromatic heterocycles. The summed E-state index contributed by atoms with van der Waals surface area (Å²) in [6.07, 6.45) is 6.79. The number of aromatic nitrogens is 4. The normalized spacial score (nSPS) is 14.7. The Morgan fingerprint density at radius 3 is 2.63 bits per heavy atom. The SMILES string of the molecule is COc1ncnc2c1CCN(c1ncccn1)CC2. The number of nitrogens with zero attached hydrogens (tertiary/aromatic N) is 5. The molecular formula is C13H15N5O. The Hall–Kier alpha value is -2.24. The Labute approximate surface area is 111 Å². The van der Waals surface area contributed by atoms with Gasteiger partial charge in [0.25, 0.3) is 0 Å². The molecule has 0 spiro atoms. The van der Waals surface area contributed by atoms with Gasteiger partial charge in [0.1, 0.15) is 6.33 Å². The van der Waals surface area contributed by atoms with Gasteiger partial charge in [0, 0.05) is 37.5 Å². The number of methoxy groups -OCH3 is 1. The number of ether oxygens (including phenoxy) is 1. The molecule has 6 heteroatoms. The number of fused-ring (bicyclic) bond motifs is 1. The van der Waals surface area contributed by atoms with E-state index >= 15 is 0 Å². The smallest absolute Gasteiger partial charge is 0.225 e. The fourth-order valence-corrected chi connectivity index (χ4v) is 2.33. The van der Waals surface area contributed by atoms with Gasteiger partial charge in [0.15, 0.2) is 0 Å². The molecule has 1 aliphatic rings. The van der Waals surface area contributed by atoms with Crippen LogP contribution in [0.3, 0.4) is 0 Å². The van der Waals surface area contributed by atoms with E-state index in [9.17, 15) is 0 Å². The molecule has 6 nitrogen and oxygen atoms in total. The Morgan fingerprint density at radius 2 is 1.84 bits per heavy atom. The van der Waals surface area contributed by atoms with Gasteiger partial charge in [-0.3, -0.25) is 0 Å². The molecule has 0 fully saturated rings. The quantitative estimate of drug-likeness (QED) is 0.795. The van der Waals surface area contributed by atoms with Crippen LogP contribution in [0.25, 0.3) is 0 Å². The van der Waals surface area contributed by atoms with Gasteiger partial charge in [-0.25, -0.2) is 19.9 Å². The standard InChI is InChI=1S/C13H15N5O/c1-19-12-10-3-7-18(13-14-5-2-6-15-13)8-4-11(10)16-9-17-12/h2,5-6,9H,3-4,7-8H2,1H3. The molecule has 0 amide bonds. The van der Waals surface area contributed by atoms with Crippen molar-refractivity contribution < 1.29 is 4.74 Å². The first kappa shape index (κ1) is 11.8. The maximum absolute atomic E-state index is 5.31. The van der Waals surface area contributed by atoms with Crippen molar-refractivity contribution in [1.82, 2.24) is 19.9 Å². The zero-order valence-electron chi connectivity index (χ0n) is 10.8. The molecule has 0 aliphatic carbocycles. The van der Waals surface area contributed by atoms with Gasteiger partial charge in [-0.2, -0.15) is 0 Å². The zero-order valence-corrected chi connectivity index (χ0v) is 10.8. The molecule has 0 bridgehead atoms. The topological polar surface area (TPSA) is 64.0 Å². The molecule has 0 saturated heterocycles. The molecule has 3 rings (SSSR count). The second kappa shape index (κ2) is 5.17. The molecule has 19 heavy (non-hydrogen) atoms. The van der Waals surface area contributed by atoms with Gasteiger partial charge >= 0.3 is 0 Å². The minimum atomic E-state index is 0.681. The van der Waals surface area contributed by atoms with Gasteiger partial charge in [-0.1, -0.05) is 0 Å². The van der Waals surface area contributed by atoms with Crippen molar-refractivity contribution in [3.05, 3.63) is 36.0 Å². The number of hydrogen-bond donors (Lipinski definition) is 0. The van der Waals surface area contributed by atoms with Gasteiger partial charge in [-0.05, 0) is 12.5 Å². The summed E-state index contributed by atoms with van der Waals surface area (Å²) in [5.74, 6) is 1.45. The summed E-state index contributed by atoms with van der Waals surface area (Å²) in [5, 5.41) is 0. The van der Waals surface area contributed by atoms with E-state index in [-0.39, 0.29) is 0 Å². The average Bonchev–Trinajstić information content (AvgIpc) is 2.70. The van der Waals surface area contributed by atoms with Crippen molar-refractivity contribution >= 4 is 5.95 Å². The van der Waals surface area contributed by atoms with Crippen LogP contribution in [0, 0.1) is 0 Å². The molecule has 0 radical (unpaired) electrons. The highest BCUT2D eigenvalue weighted by Crippen LogP contribution is 2.22. The maximum atomic E-state index is 5.31. The molecule has 1 aliphatic heterocycles. The number of anilines is 1. The van der Waals surface area contributed by atoms with Crippen LogP contribution in [-0.2, 0) is 12.8 Å². The first-order chi connectivity index (χ1) is 9.38. The fourth-order valence-electron chi connectivity index (χ4n) is 2.33. The van der Waals surface area contributed by atoms with Crippen molar-refractivity contribution in [2.24, 2.45) is 0 Å². The zero-order chi connectivity index (χ0) is 13.1. The van der Waals surface area contributed by atoms with Gasteiger partial charge < -0.3 is 9.64 Å². The predicted octanol–water partition coefficient (Wildman–Crippen LogP) is 0.880. The summed E-state index contributed by atoms with van der Waals surface area (Å²) in [6.45, 7) is 1.71. The molecule has 0 unspecified atom stereocenters. The maximum Gasteiger partial charge on any atom is 0.225 e. The largest absolute Gasteiger partial charge is 0.481 e. The average molecular weight is 257 g/mol. The lowest BCUT2D eigenvalue weighted by Crippen LogP contribution is -2.27. The van der Waals surface area contributed by atoms with Crippen LogP contribution in [-0.4, -0.2) is 40.1 Å². The third-order valence-corrected chi connectivity index (χ3v) is 3.27. The van der Waals surface area contributed by atoms with Gasteiger partial charge in [0.2, 0.25) is 11.8 Å². The summed E-state index contributed by atoms with van der Waals surface area (Å²) < 4.78 is 5.31. The third kappa shape index (κ3) is 2.33. The first-order valence-corrected chi connectivity index (χ1v) is 6.27. The van der Waals surface area contributed by atoms with Crippen molar-refractivity contribution in [3.63, 3.8) is 0 Å². The van der Waals surface area contributed by atoms with Crippen LogP contribution in [0.1, 0.15) is 11.3 Å². The van der Waals surface area contributed by atoms with Gasteiger partial charge in [-0.15, -0.1) is 0 Å². The van der Waals surface area contributed by atoms with E-state index in [0.29, 0.717) is 5.88 Å². The fraction of sp³-hybridized carbons (Fsp3) is 0.385. The Morgan fingerprint density at radius 1 is 1.05 bits per heavy atom. The molecule has 3 heterocycles. The lowest BCUT2D eigenvalue weighted by Gasteiger charge is -2.19. The summed E-state index contributed by atoms with van der Waals surface area (Å²) in [5.41, 5.74) is 2.16. The van der Waals surface area contributed by atoms with E-state index in [4.69, 9.17) is 4.74 Å². The minimum absolute atomic E-state index is 0.681. The second-order valence-corrected chi connectivity index (χ2v) is 4.34. The minimum Gasteiger partial charge on any atom is -0.481 e. The highest BCUT2D eigenvalue weighted by Gasteiger charge is 2.20. The summed E-state index contributed by atoms with van der Waals surface area (Å²) in [4.78, 5) is 19.3. The summed E-state index contributed by atoms with van der Waals surface area (Å²) >= 11 is 0. The highest BCUT2D eigenvalue weighted by molar-refractivity contribution is 5.37. The monoisotopic (exact) mass is 257 g/mol. The van der Waals surface area contributed by atoms with Crippen LogP contribution < -0.4 is 9.64 Å². The molecule has 0 N–H and O–H groups in total. The lowest BCUT2D eigenvalue weighted by molar-refractivity contribution is 0.390. The van der Waals surface area contributed by atoms with Crippen molar-refractivity contribution in [2.75, 3.05) is 25.1 Å². The molecule has 0 aromatic carbocycles. The summed E-state index contributed by atoms with van der Waals surface area (Å²) in [7, 11) is 1.64. The van der Waals surface area contributed by atoms with E-state index in [1.807, 2.05) is 6.07 Å². The van der Waals surface area contributed by atoms with Crippen LogP contribution in [0.4, 0.5) is 5.95 Å². The molecule has 0 saturated carbocycles. The van der Waals surface area contributed by atoms with Crippen molar-refractivity contribution in [3.8, 4) is 5.88 Å². The molecule has 2 aromatic rings. The second-order valence-electron chi connectivity index (χ2n) is 4.34.